The van der Waals surface area contributed by atoms with Gasteiger partial charge >= 0.3 is 5.97 Å². The highest BCUT2D eigenvalue weighted by molar-refractivity contribution is 5.86. The number of halogens is 1. The van der Waals surface area contributed by atoms with E-state index in [4.69, 9.17) is 5.11 Å². The second kappa shape index (κ2) is 8.78. The van der Waals surface area contributed by atoms with E-state index in [1.807, 2.05) is 0 Å². The minimum Gasteiger partial charge on any atom is -0.481 e. The zero-order chi connectivity index (χ0) is 19.3. The van der Waals surface area contributed by atoms with Gasteiger partial charge in [-0.15, -0.1) is 0 Å². The number of benzene rings is 1. The summed E-state index contributed by atoms with van der Waals surface area (Å²) in [5, 5.41) is 9.11. The van der Waals surface area contributed by atoms with Gasteiger partial charge in [0.2, 0.25) is 11.8 Å². The van der Waals surface area contributed by atoms with Crippen LogP contribution >= 0.6 is 0 Å². The Hall–Kier alpha value is -2.44. The van der Waals surface area contributed by atoms with Crippen LogP contribution in [0.2, 0.25) is 0 Å². The summed E-state index contributed by atoms with van der Waals surface area (Å²) < 4.78 is 13.3. The van der Waals surface area contributed by atoms with Gasteiger partial charge in [-0.2, -0.15) is 0 Å². The highest BCUT2D eigenvalue weighted by Gasteiger charge is 2.29. The van der Waals surface area contributed by atoms with E-state index in [2.05, 4.69) is 0 Å². The molecule has 2 atom stereocenters. The van der Waals surface area contributed by atoms with Crippen LogP contribution in [0.1, 0.15) is 25.3 Å². The summed E-state index contributed by atoms with van der Waals surface area (Å²) in [5.41, 5.74) is 0.728. The number of carbonyl (C=O) groups is 3. The summed E-state index contributed by atoms with van der Waals surface area (Å²) in [7, 11) is 1.56. The Kier molecular flexibility index (Phi) is 6.71. The Bertz CT molecular complexity index is 679. The van der Waals surface area contributed by atoms with Crippen molar-refractivity contribution in [2.45, 2.75) is 26.2 Å². The first-order valence-corrected chi connectivity index (χ1v) is 8.78. The molecule has 1 aliphatic heterocycles. The summed E-state index contributed by atoms with van der Waals surface area (Å²) in [4.78, 5) is 38.9. The molecule has 26 heavy (non-hydrogen) atoms. The van der Waals surface area contributed by atoms with Crippen molar-refractivity contribution in [3.63, 3.8) is 0 Å². The van der Waals surface area contributed by atoms with Crippen LogP contribution in [-0.4, -0.2) is 59.4 Å². The molecule has 7 heteroatoms. The molecule has 0 aromatic heterocycles. The third-order valence-corrected chi connectivity index (χ3v) is 4.72. The number of hydrogen-bond donors (Lipinski definition) is 1. The lowest BCUT2D eigenvalue weighted by molar-refractivity contribution is -0.147. The Morgan fingerprint density at radius 3 is 2.77 bits per heavy atom. The van der Waals surface area contributed by atoms with E-state index < -0.39 is 11.9 Å². The largest absolute Gasteiger partial charge is 0.481 e. The zero-order valence-electron chi connectivity index (χ0n) is 15.2. The molecule has 2 amide bonds. The van der Waals surface area contributed by atoms with E-state index in [0.29, 0.717) is 25.8 Å². The molecule has 142 valence electrons. The van der Waals surface area contributed by atoms with Crippen molar-refractivity contribution >= 4 is 17.8 Å². The SMILES string of the molecule is CC(Cc1cccc(F)c1)C(=O)N(C)CC(=O)N1CCCC(C(=O)O)C1. The summed E-state index contributed by atoms with van der Waals surface area (Å²) in [6.45, 7) is 2.37. The maximum atomic E-state index is 13.3. The van der Waals surface area contributed by atoms with Crippen molar-refractivity contribution < 1.29 is 23.9 Å². The van der Waals surface area contributed by atoms with Crippen molar-refractivity contribution in [1.29, 1.82) is 0 Å². The molecule has 0 saturated carbocycles. The van der Waals surface area contributed by atoms with E-state index in [1.54, 1.807) is 26.1 Å². The minimum atomic E-state index is -0.893. The molecule has 1 aromatic rings. The molecule has 6 nitrogen and oxygen atoms in total. The van der Waals surface area contributed by atoms with Gasteiger partial charge in [-0.05, 0) is 37.0 Å². The fourth-order valence-electron chi connectivity index (χ4n) is 3.27. The summed E-state index contributed by atoms with van der Waals surface area (Å²) in [6.07, 6.45) is 1.61. The molecule has 0 bridgehead atoms. The third kappa shape index (κ3) is 5.28. The van der Waals surface area contributed by atoms with Crippen molar-refractivity contribution in [3.05, 3.63) is 35.6 Å². The zero-order valence-corrected chi connectivity index (χ0v) is 15.2. The van der Waals surface area contributed by atoms with Crippen LogP contribution in [0, 0.1) is 17.7 Å². The van der Waals surface area contributed by atoms with E-state index in [-0.39, 0.29) is 36.6 Å². The first-order valence-electron chi connectivity index (χ1n) is 8.78. The fraction of sp³-hybridized carbons (Fsp3) is 0.526. The van der Waals surface area contributed by atoms with Crippen LogP contribution in [0.4, 0.5) is 4.39 Å². The number of nitrogens with zero attached hydrogens (tertiary/aromatic N) is 2. The van der Waals surface area contributed by atoms with Crippen LogP contribution < -0.4 is 0 Å². The smallest absolute Gasteiger partial charge is 0.308 e. The number of likely N-dealkylation sites (N-methyl/N-ethyl adjacent to an activating group) is 1. The molecular formula is C19H25FN2O4. The number of carboxylic acid groups (broad SMARTS) is 1. The molecule has 0 spiro atoms. The Labute approximate surface area is 152 Å². The monoisotopic (exact) mass is 364 g/mol. The second-order valence-corrected chi connectivity index (χ2v) is 6.95. The van der Waals surface area contributed by atoms with Crippen LogP contribution in [0.3, 0.4) is 0 Å². The fourth-order valence-corrected chi connectivity index (χ4v) is 3.27. The van der Waals surface area contributed by atoms with Gasteiger partial charge in [-0.1, -0.05) is 19.1 Å². The van der Waals surface area contributed by atoms with Crippen LogP contribution in [-0.2, 0) is 20.8 Å². The van der Waals surface area contributed by atoms with Gasteiger partial charge in [0.25, 0.3) is 0 Å². The van der Waals surface area contributed by atoms with Gasteiger partial charge in [0.05, 0.1) is 12.5 Å². The van der Waals surface area contributed by atoms with E-state index >= 15 is 0 Å². The molecule has 1 aromatic carbocycles. The number of amides is 2. The number of piperidine rings is 1. The molecule has 2 rings (SSSR count). The lowest BCUT2D eigenvalue weighted by Gasteiger charge is -2.32. The first-order chi connectivity index (χ1) is 12.3. The van der Waals surface area contributed by atoms with Gasteiger partial charge in [0.1, 0.15) is 5.82 Å². The van der Waals surface area contributed by atoms with Crippen LogP contribution in [0.25, 0.3) is 0 Å². The predicted octanol–water partition coefficient (Wildman–Crippen LogP) is 1.79. The normalized spacial score (nSPS) is 18.3. The maximum absolute atomic E-state index is 13.3. The first kappa shape index (κ1) is 19.9. The highest BCUT2D eigenvalue weighted by atomic mass is 19.1. The maximum Gasteiger partial charge on any atom is 0.308 e. The predicted molar refractivity (Wildman–Crippen MR) is 93.8 cm³/mol. The number of hydrogen-bond acceptors (Lipinski definition) is 3. The standard InChI is InChI=1S/C19H25FN2O4/c1-13(9-14-5-3-7-16(20)10-14)18(24)21(2)12-17(23)22-8-4-6-15(11-22)19(25)26/h3,5,7,10,13,15H,4,6,8-9,11-12H2,1-2H3,(H,25,26). The molecule has 0 aliphatic carbocycles. The molecule has 1 aliphatic rings. The van der Waals surface area contributed by atoms with Crippen molar-refractivity contribution in [1.82, 2.24) is 9.80 Å². The van der Waals surface area contributed by atoms with E-state index in [1.165, 1.54) is 21.9 Å². The van der Waals surface area contributed by atoms with Gasteiger partial charge in [0.15, 0.2) is 0 Å². The third-order valence-electron chi connectivity index (χ3n) is 4.72. The summed E-state index contributed by atoms with van der Waals surface area (Å²) in [6, 6.07) is 6.11. The molecule has 1 N–H and O–H groups in total. The van der Waals surface area contributed by atoms with Gasteiger partial charge in [-0.25, -0.2) is 4.39 Å². The minimum absolute atomic E-state index is 0.0847. The van der Waals surface area contributed by atoms with Gasteiger partial charge < -0.3 is 14.9 Å². The van der Waals surface area contributed by atoms with Gasteiger partial charge in [0, 0.05) is 26.1 Å². The number of rotatable bonds is 6. The topological polar surface area (TPSA) is 77.9 Å². The second-order valence-electron chi connectivity index (χ2n) is 6.95. The average Bonchev–Trinajstić information content (AvgIpc) is 2.61. The highest BCUT2D eigenvalue weighted by Crippen LogP contribution is 2.17. The van der Waals surface area contributed by atoms with Crippen LogP contribution in [0.5, 0.6) is 0 Å². The van der Waals surface area contributed by atoms with Crippen molar-refractivity contribution in [2.24, 2.45) is 11.8 Å². The molecule has 1 saturated heterocycles. The molecule has 2 unspecified atom stereocenters. The van der Waals surface area contributed by atoms with Gasteiger partial charge in [-0.3, -0.25) is 14.4 Å². The van der Waals surface area contributed by atoms with Crippen molar-refractivity contribution in [3.8, 4) is 0 Å². The van der Waals surface area contributed by atoms with E-state index in [9.17, 15) is 18.8 Å². The number of carbonyl (C=O) groups excluding carboxylic acids is 2. The Morgan fingerprint density at radius 2 is 2.12 bits per heavy atom. The lowest BCUT2D eigenvalue weighted by atomic mass is 9.98. The molecular weight excluding hydrogens is 339 g/mol. The summed E-state index contributed by atoms with van der Waals surface area (Å²) in [5.74, 6) is -2.61. The average molecular weight is 364 g/mol. The summed E-state index contributed by atoms with van der Waals surface area (Å²) >= 11 is 0. The number of aliphatic carboxylic acids is 1. The Balaban J connectivity index is 1.89. The molecule has 1 fully saturated rings. The number of carboxylic acids is 1. The molecule has 1 heterocycles. The quantitative estimate of drug-likeness (QED) is 0.835. The van der Waals surface area contributed by atoms with Crippen LogP contribution in [0.15, 0.2) is 24.3 Å². The Morgan fingerprint density at radius 1 is 1.38 bits per heavy atom. The lowest BCUT2D eigenvalue weighted by Crippen LogP contribution is -2.47. The van der Waals surface area contributed by atoms with Crippen molar-refractivity contribution in [2.75, 3.05) is 26.7 Å². The number of likely N-dealkylation sites (tertiary alicyclic amines) is 1. The van der Waals surface area contributed by atoms with E-state index in [0.717, 1.165) is 5.56 Å². The molecule has 0 radical (unpaired) electrons.